The zero-order chi connectivity index (χ0) is 25.3. The summed E-state index contributed by atoms with van der Waals surface area (Å²) in [4.78, 5) is 23.7. The maximum Gasteiger partial charge on any atom is 0.332 e. The van der Waals surface area contributed by atoms with Gasteiger partial charge < -0.3 is 18.9 Å². The number of ether oxygens (including phenoxy) is 4. The van der Waals surface area contributed by atoms with Gasteiger partial charge in [-0.15, -0.1) is 0 Å². The minimum absolute atomic E-state index is 0.00515. The molecule has 0 aliphatic rings. The van der Waals surface area contributed by atoms with Gasteiger partial charge in [0.05, 0.1) is 18.1 Å². The number of benzene rings is 1. The van der Waals surface area contributed by atoms with E-state index < -0.39 is 33.2 Å². The zero-order valence-corrected chi connectivity index (χ0v) is 21.5. The molecule has 0 spiro atoms. The molecular formula is C23H37NO8S. The molecule has 0 radical (unpaired) electrons. The molecule has 0 bridgehead atoms. The normalized spacial score (nSPS) is 12.6. The van der Waals surface area contributed by atoms with Crippen molar-refractivity contribution in [1.29, 1.82) is 0 Å². The average molecular weight is 488 g/mol. The SMILES string of the molecule is Cc1ccc(S(=O)(=O)N(CCOCC(=O)OC(C)(C)C)CCOCC(=O)OC(C)(C)C)cc1. The van der Waals surface area contributed by atoms with Gasteiger partial charge in [0, 0.05) is 13.1 Å². The first-order valence-corrected chi connectivity index (χ1v) is 12.2. The summed E-state index contributed by atoms with van der Waals surface area (Å²) >= 11 is 0. The summed E-state index contributed by atoms with van der Waals surface area (Å²) in [6.07, 6.45) is 0. The molecule has 0 fully saturated rings. The number of nitrogens with zero attached hydrogens (tertiary/aromatic N) is 1. The summed E-state index contributed by atoms with van der Waals surface area (Å²) < 4.78 is 48.4. The first-order valence-electron chi connectivity index (χ1n) is 10.8. The van der Waals surface area contributed by atoms with E-state index in [4.69, 9.17) is 18.9 Å². The van der Waals surface area contributed by atoms with E-state index in [1.807, 2.05) is 6.92 Å². The third-order valence-electron chi connectivity index (χ3n) is 3.91. The quantitative estimate of drug-likeness (QED) is 0.327. The fraction of sp³-hybridized carbons (Fsp3) is 0.652. The minimum atomic E-state index is -3.84. The third kappa shape index (κ3) is 12.1. The second kappa shape index (κ2) is 12.5. The van der Waals surface area contributed by atoms with E-state index in [-0.39, 0.29) is 44.4 Å². The van der Waals surface area contributed by atoms with Crippen molar-refractivity contribution >= 4 is 22.0 Å². The van der Waals surface area contributed by atoms with Gasteiger partial charge in [0.15, 0.2) is 0 Å². The number of aryl methyl sites for hydroxylation is 1. The Labute approximate surface area is 197 Å². The highest BCUT2D eigenvalue weighted by Gasteiger charge is 2.25. The lowest BCUT2D eigenvalue weighted by atomic mass is 10.2. The molecule has 33 heavy (non-hydrogen) atoms. The largest absolute Gasteiger partial charge is 0.458 e. The number of esters is 2. The van der Waals surface area contributed by atoms with Crippen LogP contribution in [0.4, 0.5) is 0 Å². The van der Waals surface area contributed by atoms with Gasteiger partial charge in [-0.1, -0.05) is 17.7 Å². The van der Waals surface area contributed by atoms with Crippen molar-refractivity contribution in [2.24, 2.45) is 0 Å². The van der Waals surface area contributed by atoms with Crippen LogP contribution < -0.4 is 0 Å². The Hall–Kier alpha value is -2.01. The van der Waals surface area contributed by atoms with Gasteiger partial charge in [0.1, 0.15) is 24.4 Å². The summed E-state index contributed by atoms with van der Waals surface area (Å²) in [5.41, 5.74) is -0.332. The van der Waals surface area contributed by atoms with E-state index in [2.05, 4.69) is 0 Å². The Morgan fingerprint density at radius 3 is 1.55 bits per heavy atom. The molecule has 0 saturated heterocycles. The highest BCUT2D eigenvalue weighted by molar-refractivity contribution is 7.89. The molecule has 9 nitrogen and oxygen atoms in total. The van der Waals surface area contributed by atoms with Crippen LogP contribution in [-0.2, 0) is 38.6 Å². The van der Waals surface area contributed by atoms with Crippen molar-refractivity contribution < 1.29 is 37.0 Å². The van der Waals surface area contributed by atoms with Crippen LogP contribution >= 0.6 is 0 Å². The molecule has 10 heteroatoms. The van der Waals surface area contributed by atoms with E-state index >= 15 is 0 Å². The van der Waals surface area contributed by atoms with Gasteiger partial charge in [-0.25, -0.2) is 18.0 Å². The molecule has 0 aliphatic heterocycles. The molecule has 0 heterocycles. The Morgan fingerprint density at radius 1 is 0.788 bits per heavy atom. The standard InChI is InChI=1S/C23H37NO8S/c1-18-8-10-19(11-9-18)33(27,28)24(12-14-29-16-20(25)31-22(2,3)4)13-15-30-17-21(26)32-23(5,6)7/h8-11H,12-17H2,1-7H3. The van der Waals surface area contributed by atoms with Crippen LogP contribution in [0.5, 0.6) is 0 Å². The van der Waals surface area contributed by atoms with Gasteiger partial charge in [0.2, 0.25) is 10.0 Å². The molecule has 1 aromatic rings. The maximum absolute atomic E-state index is 13.1. The van der Waals surface area contributed by atoms with Gasteiger partial charge in [-0.05, 0) is 60.6 Å². The molecule has 1 rings (SSSR count). The maximum atomic E-state index is 13.1. The molecule has 0 saturated carbocycles. The Bertz CT molecular complexity index is 831. The number of rotatable bonds is 12. The second-order valence-corrected chi connectivity index (χ2v) is 11.4. The molecule has 0 unspecified atom stereocenters. The van der Waals surface area contributed by atoms with Gasteiger partial charge >= 0.3 is 11.9 Å². The van der Waals surface area contributed by atoms with Gasteiger partial charge in [0.25, 0.3) is 0 Å². The van der Waals surface area contributed by atoms with Gasteiger partial charge in [-0.3, -0.25) is 0 Å². The smallest absolute Gasteiger partial charge is 0.332 e. The van der Waals surface area contributed by atoms with Crippen LogP contribution in [0.25, 0.3) is 0 Å². The number of sulfonamides is 1. The lowest BCUT2D eigenvalue weighted by Crippen LogP contribution is -2.37. The number of hydrogen-bond acceptors (Lipinski definition) is 8. The van der Waals surface area contributed by atoms with Crippen molar-refractivity contribution in [2.75, 3.05) is 39.5 Å². The Morgan fingerprint density at radius 2 is 1.18 bits per heavy atom. The monoisotopic (exact) mass is 487 g/mol. The molecule has 188 valence electrons. The summed E-state index contributed by atoms with van der Waals surface area (Å²) in [6.45, 7) is 11.7. The number of carbonyl (C=O) groups is 2. The Kier molecular flexibility index (Phi) is 11.0. The van der Waals surface area contributed by atoms with E-state index in [0.29, 0.717) is 0 Å². The fourth-order valence-corrected chi connectivity index (χ4v) is 4.01. The topological polar surface area (TPSA) is 108 Å². The zero-order valence-electron chi connectivity index (χ0n) is 20.7. The van der Waals surface area contributed by atoms with Crippen molar-refractivity contribution in [3.05, 3.63) is 29.8 Å². The fourth-order valence-electron chi connectivity index (χ4n) is 2.60. The second-order valence-electron chi connectivity index (χ2n) is 9.50. The first kappa shape index (κ1) is 29.0. The summed E-state index contributed by atoms with van der Waals surface area (Å²) in [5, 5.41) is 0. The predicted octanol–water partition coefficient (Wildman–Crippen LogP) is 2.70. The van der Waals surface area contributed by atoms with E-state index in [9.17, 15) is 18.0 Å². The van der Waals surface area contributed by atoms with E-state index in [1.54, 1.807) is 53.7 Å². The van der Waals surface area contributed by atoms with Crippen molar-refractivity contribution in [3.8, 4) is 0 Å². The van der Waals surface area contributed by atoms with Crippen LogP contribution in [0.15, 0.2) is 29.2 Å². The summed E-state index contributed by atoms with van der Waals surface area (Å²) in [6, 6.07) is 6.48. The minimum Gasteiger partial charge on any atom is -0.458 e. The van der Waals surface area contributed by atoms with E-state index in [1.165, 1.54) is 16.4 Å². The van der Waals surface area contributed by atoms with Crippen molar-refractivity contribution in [1.82, 2.24) is 4.31 Å². The van der Waals surface area contributed by atoms with Crippen molar-refractivity contribution in [2.45, 2.75) is 64.6 Å². The number of carbonyl (C=O) groups excluding carboxylic acids is 2. The summed E-state index contributed by atoms with van der Waals surface area (Å²) in [7, 11) is -3.84. The van der Waals surface area contributed by atoms with Crippen LogP contribution in [0.3, 0.4) is 0 Å². The van der Waals surface area contributed by atoms with Crippen LogP contribution in [-0.4, -0.2) is 75.4 Å². The van der Waals surface area contributed by atoms with Crippen LogP contribution in [0, 0.1) is 6.92 Å². The molecule has 0 aliphatic carbocycles. The average Bonchev–Trinajstić information content (AvgIpc) is 2.64. The van der Waals surface area contributed by atoms with E-state index in [0.717, 1.165) is 5.56 Å². The third-order valence-corrected chi connectivity index (χ3v) is 5.82. The lowest BCUT2D eigenvalue weighted by Gasteiger charge is -2.23. The molecule has 0 atom stereocenters. The molecule has 0 aromatic heterocycles. The van der Waals surface area contributed by atoms with Crippen molar-refractivity contribution in [3.63, 3.8) is 0 Å². The predicted molar refractivity (Wildman–Crippen MR) is 123 cm³/mol. The molecular weight excluding hydrogens is 450 g/mol. The Balaban J connectivity index is 2.71. The molecule has 1 aromatic carbocycles. The van der Waals surface area contributed by atoms with Gasteiger partial charge in [-0.2, -0.15) is 4.31 Å². The van der Waals surface area contributed by atoms with Crippen LogP contribution in [0.1, 0.15) is 47.1 Å². The molecule has 0 amide bonds. The summed E-state index contributed by atoms with van der Waals surface area (Å²) in [5.74, 6) is -1.06. The molecule has 0 N–H and O–H groups in total. The highest BCUT2D eigenvalue weighted by atomic mass is 32.2. The number of hydrogen-bond donors (Lipinski definition) is 0. The first-order chi connectivity index (χ1) is 15.1. The highest BCUT2D eigenvalue weighted by Crippen LogP contribution is 2.16. The van der Waals surface area contributed by atoms with Crippen LogP contribution in [0.2, 0.25) is 0 Å². The lowest BCUT2D eigenvalue weighted by molar-refractivity contribution is -0.160.